The molecule has 1 fully saturated rings. The summed E-state index contributed by atoms with van der Waals surface area (Å²) in [6, 6.07) is 5.90. The van der Waals surface area contributed by atoms with Gasteiger partial charge < -0.3 is 14.7 Å². The average Bonchev–Trinajstić information content (AvgIpc) is 2.52. The van der Waals surface area contributed by atoms with E-state index in [1.54, 1.807) is 0 Å². The first-order valence-corrected chi connectivity index (χ1v) is 7.72. The summed E-state index contributed by atoms with van der Waals surface area (Å²) in [7, 11) is 2.16. The molecule has 104 valence electrons. The summed E-state index contributed by atoms with van der Waals surface area (Å²) in [5.41, 5.74) is 0.740. The summed E-state index contributed by atoms with van der Waals surface area (Å²) >= 11 is 3.48. The van der Waals surface area contributed by atoms with Crippen molar-refractivity contribution in [2.75, 3.05) is 20.1 Å². The Morgan fingerprint density at radius 2 is 2.21 bits per heavy atom. The Balaban J connectivity index is 1.90. The second-order valence-corrected chi connectivity index (χ2v) is 6.76. The number of ether oxygens (including phenoxy) is 1. The maximum Gasteiger partial charge on any atom is 0.127 e. The van der Waals surface area contributed by atoms with Crippen molar-refractivity contribution in [2.45, 2.75) is 37.4 Å². The number of aliphatic hydroxyl groups is 1. The van der Waals surface area contributed by atoms with E-state index in [0.717, 1.165) is 54.6 Å². The van der Waals surface area contributed by atoms with Crippen molar-refractivity contribution in [3.63, 3.8) is 0 Å². The van der Waals surface area contributed by atoms with Gasteiger partial charge >= 0.3 is 0 Å². The van der Waals surface area contributed by atoms with Crippen LogP contribution in [0.25, 0.3) is 0 Å². The molecule has 0 bridgehead atoms. The van der Waals surface area contributed by atoms with Gasteiger partial charge in [-0.05, 0) is 45.0 Å². The SMILES string of the molecule is CN1CCCC2(CC1)C[C@H](O)c1ccc(Br)cc1O2. The minimum absolute atomic E-state index is 0.183. The first-order valence-electron chi connectivity index (χ1n) is 6.93. The number of halogens is 1. The zero-order valence-corrected chi connectivity index (χ0v) is 12.8. The van der Waals surface area contributed by atoms with Crippen LogP contribution in [0.3, 0.4) is 0 Å². The average molecular weight is 326 g/mol. The third kappa shape index (κ3) is 2.67. The molecule has 1 N–H and O–H groups in total. The number of likely N-dealkylation sites (tertiary alicyclic amines) is 1. The maximum atomic E-state index is 10.4. The van der Waals surface area contributed by atoms with Crippen LogP contribution in [-0.4, -0.2) is 35.7 Å². The van der Waals surface area contributed by atoms with Crippen LogP contribution in [0.2, 0.25) is 0 Å². The third-order valence-corrected chi connectivity index (χ3v) is 4.84. The fourth-order valence-electron chi connectivity index (χ4n) is 3.22. The summed E-state index contributed by atoms with van der Waals surface area (Å²) < 4.78 is 7.32. The largest absolute Gasteiger partial charge is 0.487 e. The van der Waals surface area contributed by atoms with E-state index in [4.69, 9.17) is 4.74 Å². The molecule has 0 saturated carbocycles. The lowest BCUT2D eigenvalue weighted by molar-refractivity contribution is -0.0236. The van der Waals surface area contributed by atoms with E-state index in [9.17, 15) is 5.11 Å². The van der Waals surface area contributed by atoms with Crippen molar-refractivity contribution < 1.29 is 9.84 Å². The molecule has 3 nitrogen and oxygen atoms in total. The van der Waals surface area contributed by atoms with Crippen molar-refractivity contribution in [2.24, 2.45) is 0 Å². The topological polar surface area (TPSA) is 32.7 Å². The van der Waals surface area contributed by atoms with Gasteiger partial charge in [-0.2, -0.15) is 0 Å². The van der Waals surface area contributed by atoms with Gasteiger partial charge in [0.05, 0.1) is 6.10 Å². The molecule has 0 aliphatic carbocycles. The van der Waals surface area contributed by atoms with Gasteiger partial charge in [-0.3, -0.25) is 0 Å². The lowest BCUT2D eigenvalue weighted by Gasteiger charge is -2.40. The summed E-state index contributed by atoms with van der Waals surface area (Å²) in [4.78, 5) is 2.35. The first kappa shape index (κ1) is 13.4. The summed E-state index contributed by atoms with van der Waals surface area (Å²) in [6.07, 6.45) is 3.47. The van der Waals surface area contributed by atoms with E-state index in [0.29, 0.717) is 0 Å². The Morgan fingerprint density at radius 1 is 1.37 bits per heavy atom. The van der Waals surface area contributed by atoms with Gasteiger partial charge in [-0.25, -0.2) is 0 Å². The maximum absolute atomic E-state index is 10.4. The van der Waals surface area contributed by atoms with Crippen molar-refractivity contribution in [1.82, 2.24) is 4.90 Å². The van der Waals surface area contributed by atoms with Gasteiger partial charge in [0.2, 0.25) is 0 Å². The molecule has 1 unspecified atom stereocenters. The van der Waals surface area contributed by atoms with E-state index in [1.807, 2.05) is 18.2 Å². The van der Waals surface area contributed by atoms with Crippen LogP contribution in [0.5, 0.6) is 5.75 Å². The summed E-state index contributed by atoms with van der Waals surface area (Å²) in [5.74, 6) is 0.845. The number of rotatable bonds is 0. The summed E-state index contributed by atoms with van der Waals surface area (Å²) in [6.45, 7) is 2.16. The molecule has 2 aliphatic rings. The standard InChI is InChI=1S/C15H20BrNO2/c1-17-7-2-5-15(6-8-17)10-13(18)12-4-3-11(16)9-14(12)19-15/h3-4,9,13,18H,2,5-8,10H2,1H3/t13-,15?/m0/s1. The quantitative estimate of drug-likeness (QED) is 0.795. The van der Waals surface area contributed by atoms with Gasteiger partial charge in [-0.1, -0.05) is 22.0 Å². The third-order valence-electron chi connectivity index (χ3n) is 4.35. The van der Waals surface area contributed by atoms with Crippen molar-refractivity contribution in [1.29, 1.82) is 0 Å². The molecule has 1 aromatic rings. The lowest BCUT2D eigenvalue weighted by atomic mass is 9.83. The minimum atomic E-state index is -0.403. The molecular formula is C15H20BrNO2. The Labute approximate surface area is 122 Å². The smallest absolute Gasteiger partial charge is 0.127 e. The highest BCUT2D eigenvalue weighted by molar-refractivity contribution is 9.10. The molecule has 0 radical (unpaired) electrons. The Kier molecular flexibility index (Phi) is 3.58. The second kappa shape index (κ2) is 5.08. The first-order chi connectivity index (χ1) is 9.08. The van der Waals surface area contributed by atoms with E-state index in [2.05, 4.69) is 27.9 Å². The predicted molar refractivity (Wildman–Crippen MR) is 78.4 cm³/mol. The molecule has 1 saturated heterocycles. The molecular weight excluding hydrogens is 306 g/mol. The van der Waals surface area contributed by atoms with Crippen LogP contribution in [-0.2, 0) is 0 Å². The molecule has 19 heavy (non-hydrogen) atoms. The Hall–Kier alpha value is -0.580. The zero-order valence-electron chi connectivity index (χ0n) is 11.2. The van der Waals surface area contributed by atoms with Crippen LogP contribution in [0.1, 0.15) is 37.4 Å². The molecule has 3 rings (SSSR count). The number of nitrogens with zero attached hydrogens (tertiary/aromatic N) is 1. The van der Waals surface area contributed by atoms with Gasteiger partial charge in [-0.15, -0.1) is 0 Å². The van der Waals surface area contributed by atoms with Gasteiger partial charge in [0, 0.05) is 23.0 Å². The Morgan fingerprint density at radius 3 is 3.05 bits per heavy atom. The fraction of sp³-hybridized carbons (Fsp3) is 0.600. The molecule has 0 aromatic heterocycles. The summed E-state index contributed by atoms with van der Waals surface area (Å²) in [5, 5.41) is 10.4. The lowest BCUT2D eigenvalue weighted by Crippen LogP contribution is -2.41. The number of aliphatic hydroxyl groups excluding tert-OH is 1. The van der Waals surface area contributed by atoms with Crippen LogP contribution in [0.15, 0.2) is 22.7 Å². The molecule has 0 amide bonds. The number of hydrogen-bond donors (Lipinski definition) is 1. The predicted octanol–water partition coefficient (Wildman–Crippen LogP) is 3.12. The van der Waals surface area contributed by atoms with E-state index < -0.39 is 6.10 Å². The Bertz CT molecular complexity index is 479. The fourth-order valence-corrected chi connectivity index (χ4v) is 3.56. The van der Waals surface area contributed by atoms with E-state index in [-0.39, 0.29) is 5.60 Å². The van der Waals surface area contributed by atoms with Crippen molar-refractivity contribution >= 4 is 15.9 Å². The van der Waals surface area contributed by atoms with Crippen LogP contribution < -0.4 is 4.74 Å². The van der Waals surface area contributed by atoms with E-state index >= 15 is 0 Å². The minimum Gasteiger partial charge on any atom is -0.487 e. The molecule has 2 aliphatic heterocycles. The number of hydrogen-bond acceptors (Lipinski definition) is 3. The molecule has 4 heteroatoms. The molecule has 2 atom stereocenters. The van der Waals surface area contributed by atoms with Gasteiger partial charge in [0.15, 0.2) is 0 Å². The van der Waals surface area contributed by atoms with Crippen molar-refractivity contribution in [3.8, 4) is 5.75 Å². The van der Waals surface area contributed by atoms with Crippen LogP contribution >= 0.6 is 15.9 Å². The normalized spacial score (nSPS) is 31.6. The van der Waals surface area contributed by atoms with Crippen LogP contribution in [0, 0.1) is 0 Å². The zero-order chi connectivity index (χ0) is 13.5. The molecule has 2 heterocycles. The molecule has 1 aromatic carbocycles. The van der Waals surface area contributed by atoms with Gasteiger partial charge in [0.1, 0.15) is 11.4 Å². The number of fused-ring (bicyclic) bond motifs is 1. The second-order valence-electron chi connectivity index (χ2n) is 5.84. The van der Waals surface area contributed by atoms with Crippen molar-refractivity contribution in [3.05, 3.63) is 28.2 Å². The van der Waals surface area contributed by atoms with Crippen LogP contribution in [0.4, 0.5) is 0 Å². The highest BCUT2D eigenvalue weighted by Crippen LogP contribution is 2.44. The monoisotopic (exact) mass is 325 g/mol. The highest BCUT2D eigenvalue weighted by Gasteiger charge is 2.41. The highest BCUT2D eigenvalue weighted by atomic mass is 79.9. The van der Waals surface area contributed by atoms with E-state index in [1.165, 1.54) is 0 Å². The number of benzene rings is 1. The van der Waals surface area contributed by atoms with Gasteiger partial charge in [0.25, 0.3) is 0 Å². The molecule has 1 spiro atoms.